The number of carbonyl (C=O) groups excluding carboxylic acids is 2. The van der Waals surface area contributed by atoms with Gasteiger partial charge in [0.15, 0.2) is 0 Å². The molecule has 1 unspecified atom stereocenters. The number of aromatic nitrogens is 2. The van der Waals surface area contributed by atoms with E-state index in [0.29, 0.717) is 24.0 Å². The number of amides is 2. The van der Waals surface area contributed by atoms with Crippen molar-refractivity contribution in [3.8, 4) is 11.3 Å². The number of aryl methyl sites for hydroxylation is 1. The molecule has 1 saturated carbocycles. The molecule has 5 rings (SSSR count). The molecule has 2 amide bonds. The molecule has 0 spiro atoms. The zero-order chi connectivity index (χ0) is 24.4. The molecule has 4 heterocycles. The monoisotopic (exact) mass is 497 g/mol. The summed E-state index contributed by atoms with van der Waals surface area (Å²) in [7, 11) is 0. The van der Waals surface area contributed by atoms with Crippen LogP contribution in [0.4, 0.5) is 5.82 Å². The van der Waals surface area contributed by atoms with E-state index < -0.39 is 0 Å². The fourth-order valence-corrected chi connectivity index (χ4v) is 5.06. The Morgan fingerprint density at radius 2 is 2.03 bits per heavy atom. The fraction of sp³-hybridized carbons (Fsp3) is 0.538. The lowest BCUT2D eigenvalue weighted by atomic mass is 9.95. The van der Waals surface area contributed by atoms with Crippen LogP contribution in [-0.2, 0) is 14.3 Å². The van der Waals surface area contributed by atoms with Gasteiger partial charge in [0.1, 0.15) is 12.4 Å². The van der Waals surface area contributed by atoms with E-state index in [1.54, 1.807) is 12.4 Å². The summed E-state index contributed by atoms with van der Waals surface area (Å²) in [5.41, 5.74) is 2.79. The first kappa shape index (κ1) is 24.0. The first-order chi connectivity index (χ1) is 17.0. The summed E-state index contributed by atoms with van der Waals surface area (Å²) < 4.78 is 5.66. The van der Waals surface area contributed by atoms with Crippen molar-refractivity contribution in [2.45, 2.75) is 38.7 Å². The van der Waals surface area contributed by atoms with Crippen LogP contribution in [0.2, 0.25) is 5.02 Å². The molecule has 0 radical (unpaired) electrons. The highest BCUT2D eigenvalue weighted by Gasteiger charge is 2.32. The van der Waals surface area contributed by atoms with Crippen molar-refractivity contribution >= 4 is 29.2 Å². The highest BCUT2D eigenvalue weighted by atomic mass is 35.5. The molecule has 1 atom stereocenters. The van der Waals surface area contributed by atoms with Crippen LogP contribution in [0.15, 0.2) is 30.6 Å². The number of morpholine rings is 1. The first-order valence-corrected chi connectivity index (χ1v) is 12.9. The molecule has 2 aromatic heterocycles. The predicted octanol–water partition coefficient (Wildman–Crippen LogP) is 3.08. The molecule has 1 aliphatic carbocycles. The number of hydrogen-bond donors (Lipinski definition) is 1. The number of anilines is 1. The van der Waals surface area contributed by atoms with E-state index in [9.17, 15) is 9.59 Å². The first-order valence-electron chi connectivity index (χ1n) is 12.5. The van der Waals surface area contributed by atoms with Crippen LogP contribution >= 0.6 is 11.6 Å². The van der Waals surface area contributed by atoms with E-state index >= 15 is 0 Å². The normalized spacial score (nSPS) is 21.3. The lowest BCUT2D eigenvalue weighted by Crippen LogP contribution is -2.51. The predicted molar refractivity (Wildman–Crippen MR) is 134 cm³/mol. The van der Waals surface area contributed by atoms with Crippen LogP contribution in [0.3, 0.4) is 0 Å². The molecule has 0 aromatic carbocycles. The van der Waals surface area contributed by atoms with Gasteiger partial charge in [-0.1, -0.05) is 17.7 Å². The summed E-state index contributed by atoms with van der Waals surface area (Å²) in [5, 5.41) is 3.64. The summed E-state index contributed by atoms with van der Waals surface area (Å²) in [6.45, 7) is 5.45. The van der Waals surface area contributed by atoms with Crippen LogP contribution in [0.5, 0.6) is 0 Å². The van der Waals surface area contributed by atoms with Crippen LogP contribution in [0.1, 0.15) is 31.2 Å². The zero-order valence-electron chi connectivity index (χ0n) is 20.1. The molecule has 3 aliphatic rings. The van der Waals surface area contributed by atoms with Crippen molar-refractivity contribution < 1.29 is 14.3 Å². The Bertz CT molecular complexity index is 1080. The highest BCUT2D eigenvalue weighted by molar-refractivity contribution is 6.33. The number of nitrogens with one attached hydrogen (secondary N) is 1. The Hall–Kier alpha value is -2.71. The number of ether oxygens (including phenoxy) is 1. The van der Waals surface area contributed by atoms with Gasteiger partial charge in [0, 0.05) is 56.6 Å². The molecule has 0 bridgehead atoms. The van der Waals surface area contributed by atoms with E-state index in [4.69, 9.17) is 16.3 Å². The second-order valence-corrected chi connectivity index (χ2v) is 10.3. The maximum atomic E-state index is 12.8. The number of nitrogens with zero attached hydrogens (tertiary/aromatic N) is 4. The van der Waals surface area contributed by atoms with E-state index in [1.165, 1.54) is 12.8 Å². The second kappa shape index (κ2) is 10.5. The van der Waals surface area contributed by atoms with E-state index in [0.717, 1.165) is 55.1 Å². The Morgan fingerprint density at radius 1 is 1.23 bits per heavy atom. The van der Waals surface area contributed by atoms with Crippen LogP contribution in [0.25, 0.3) is 11.3 Å². The molecule has 9 heteroatoms. The Labute approximate surface area is 211 Å². The van der Waals surface area contributed by atoms with Crippen molar-refractivity contribution in [1.82, 2.24) is 20.2 Å². The Kier molecular flexibility index (Phi) is 7.20. The molecule has 2 aromatic rings. The third kappa shape index (κ3) is 5.76. The average Bonchev–Trinajstić information content (AvgIpc) is 3.69. The van der Waals surface area contributed by atoms with Crippen molar-refractivity contribution in [1.29, 1.82) is 0 Å². The standard InChI is InChI=1S/C26H32ClN5O3/c1-17-3-2-8-28-25(17)21-11-23(29-13-22(21)27)31-9-6-19(7-10-31)26(34)30-12-20-15-32(14-18-4-5-18)24(33)16-35-20/h2-3,8,11,13,18-20H,4-7,9-10,12,14-16H2,1H3,(H,30,34). The summed E-state index contributed by atoms with van der Waals surface area (Å²) in [5.74, 6) is 1.58. The highest BCUT2D eigenvalue weighted by Crippen LogP contribution is 2.32. The lowest BCUT2D eigenvalue weighted by molar-refractivity contribution is -0.149. The molecule has 2 saturated heterocycles. The van der Waals surface area contributed by atoms with Crippen LogP contribution in [0, 0.1) is 18.8 Å². The minimum atomic E-state index is -0.137. The van der Waals surface area contributed by atoms with Gasteiger partial charge >= 0.3 is 0 Å². The van der Waals surface area contributed by atoms with Gasteiger partial charge < -0.3 is 19.9 Å². The van der Waals surface area contributed by atoms with Gasteiger partial charge in [-0.05, 0) is 56.2 Å². The zero-order valence-corrected chi connectivity index (χ0v) is 20.8. The minimum absolute atomic E-state index is 0.0381. The van der Waals surface area contributed by atoms with Crippen LogP contribution in [-0.4, -0.2) is 72.1 Å². The van der Waals surface area contributed by atoms with Gasteiger partial charge in [-0.2, -0.15) is 0 Å². The largest absolute Gasteiger partial charge is 0.365 e. The number of hydrogen-bond acceptors (Lipinski definition) is 6. The molecule has 1 N–H and O–H groups in total. The molecule has 186 valence electrons. The number of piperidine rings is 1. The van der Waals surface area contributed by atoms with E-state index in [2.05, 4.69) is 20.2 Å². The SMILES string of the molecule is Cc1cccnc1-c1cc(N2CCC(C(=O)NCC3CN(CC4CC4)C(=O)CO3)CC2)ncc1Cl. The molecular formula is C26H32ClN5O3. The molecular weight excluding hydrogens is 466 g/mol. The van der Waals surface area contributed by atoms with Gasteiger partial charge in [0.25, 0.3) is 0 Å². The molecule has 2 aliphatic heterocycles. The second-order valence-electron chi connectivity index (χ2n) is 9.87. The van der Waals surface area contributed by atoms with Crippen molar-refractivity contribution in [3.05, 3.63) is 41.2 Å². The van der Waals surface area contributed by atoms with Gasteiger partial charge in [-0.25, -0.2) is 4.98 Å². The Balaban J connectivity index is 1.13. The van der Waals surface area contributed by atoms with Gasteiger partial charge in [-0.3, -0.25) is 14.6 Å². The van der Waals surface area contributed by atoms with Gasteiger partial charge in [0.2, 0.25) is 11.8 Å². The molecule has 3 fully saturated rings. The van der Waals surface area contributed by atoms with Crippen molar-refractivity contribution in [3.63, 3.8) is 0 Å². The van der Waals surface area contributed by atoms with Gasteiger partial charge in [0.05, 0.1) is 16.8 Å². The van der Waals surface area contributed by atoms with E-state index in [1.807, 2.05) is 30.0 Å². The number of pyridine rings is 2. The van der Waals surface area contributed by atoms with Crippen molar-refractivity contribution in [2.75, 3.05) is 44.2 Å². The van der Waals surface area contributed by atoms with Gasteiger partial charge in [-0.15, -0.1) is 0 Å². The average molecular weight is 498 g/mol. The quantitative estimate of drug-likeness (QED) is 0.632. The number of carbonyl (C=O) groups is 2. The van der Waals surface area contributed by atoms with Crippen LogP contribution < -0.4 is 10.2 Å². The fourth-order valence-electron chi connectivity index (χ4n) is 4.87. The number of halogens is 1. The lowest BCUT2D eigenvalue weighted by Gasteiger charge is -2.34. The molecule has 8 nitrogen and oxygen atoms in total. The summed E-state index contributed by atoms with van der Waals surface area (Å²) in [4.78, 5) is 38.0. The third-order valence-corrected chi connectivity index (χ3v) is 7.50. The summed E-state index contributed by atoms with van der Waals surface area (Å²) >= 11 is 6.44. The Morgan fingerprint density at radius 3 is 2.77 bits per heavy atom. The summed E-state index contributed by atoms with van der Waals surface area (Å²) in [6.07, 6.45) is 7.24. The smallest absolute Gasteiger partial charge is 0.248 e. The maximum absolute atomic E-state index is 12.8. The maximum Gasteiger partial charge on any atom is 0.248 e. The van der Waals surface area contributed by atoms with E-state index in [-0.39, 0.29) is 30.4 Å². The minimum Gasteiger partial charge on any atom is -0.365 e. The number of rotatable bonds is 7. The summed E-state index contributed by atoms with van der Waals surface area (Å²) in [6, 6.07) is 5.92. The topological polar surface area (TPSA) is 87.7 Å². The van der Waals surface area contributed by atoms with Crippen molar-refractivity contribution in [2.24, 2.45) is 11.8 Å². The molecule has 35 heavy (non-hydrogen) atoms. The third-order valence-electron chi connectivity index (χ3n) is 7.19.